The molecule has 0 aliphatic rings. The molecule has 3 rings (SSSR count). The summed E-state index contributed by atoms with van der Waals surface area (Å²) in [6.07, 6.45) is 0. The van der Waals surface area contributed by atoms with Gasteiger partial charge < -0.3 is 14.5 Å². The number of furan rings is 1. The van der Waals surface area contributed by atoms with Crippen molar-refractivity contribution in [3.05, 3.63) is 63.3 Å². The van der Waals surface area contributed by atoms with Crippen LogP contribution in [0.5, 0.6) is 5.75 Å². The molecule has 0 unspecified atom stereocenters. The Bertz CT molecular complexity index is 914. The van der Waals surface area contributed by atoms with Crippen molar-refractivity contribution in [1.82, 2.24) is 5.32 Å². The molecule has 1 heterocycles. The van der Waals surface area contributed by atoms with E-state index in [1.165, 1.54) is 0 Å². The lowest BCUT2D eigenvalue weighted by Gasteiger charge is -2.10. The Balaban J connectivity index is 1.85. The zero-order valence-electron chi connectivity index (χ0n) is 13.8. The van der Waals surface area contributed by atoms with Gasteiger partial charge in [0.05, 0.1) is 7.11 Å². The lowest BCUT2D eigenvalue weighted by molar-refractivity contribution is 0.0924. The molecule has 0 radical (unpaired) electrons. The minimum Gasteiger partial charge on any atom is -0.496 e. The minimum absolute atomic E-state index is 0.231. The average molecular weight is 388 g/mol. The Labute approximate surface area is 148 Å². The van der Waals surface area contributed by atoms with Crippen LogP contribution in [0, 0.1) is 13.8 Å². The average Bonchev–Trinajstić information content (AvgIpc) is 2.91. The third kappa shape index (κ3) is 3.04. The van der Waals surface area contributed by atoms with Crippen LogP contribution in [0.25, 0.3) is 11.0 Å². The second-order valence-corrected chi connectivity index (χ2v) is 6.56. The molecule has 1 amide bonds. The van der Waals surface area contributed by atoms with Crippen molar-refractivity contribution < 1.29 is 13.9 Å². The standard InChI is InChI=1S/C19H18BrNO3/c1-11-5-4-6-15-12(2)18(24-17(11)15)19(22)21-10-13-9-14(20)7-8-16(13)23-3/h4-9H,10H2,1-3H3,(H,21,22). The molecule has 4 nitrogen and oxygen atoms in total. The highest BCUT2D eigenvalue weighted by molar-refractivity contribution is 9.10. The maximum Gasteiger partial charge on any atom is 0.287 e. The second kappa shape index (κ2) is 6.69. The van der Waals surface area contributed by atoms with Crippen molar-refractivity contribution in [2.24, 2.45) is 0 Å². The number of amides is 1. The normalized spacial score (nSPS) is 10.8. The van der Waals surface area contributed by atoms with Crippen molar-refractivity contribution in [3.63, 3.8) is 0 Å². The Morgan fingerprint density at radius 3 is 2.75 bits per heavy atom. The van der Waals surface area contributed by atoms with Crippen molar-refractivity contribution in [2.75, 3.05) is 7.11 Å². The molecular weight excluding hydrogens is 370 g/mol. The monoisotopic (exact) mass is 387 g/mol. The number of carbonyl (C=O) groups is 1. The molecule has 0 aliphatic carbocycles. The third-order valence-corrected chi connectivity index (χ3v) is 4.54. The maximum absolute atomic E-state index is 12.5. The predicted octanol–water partition coefficient (Wildman–Crippen LogP) is 4.75. The largest absolute Gasteiger partial charge is 0.496 e. The van der Waals surface area contributed by atoms with Crippen molar-refractivity contribution in [1.29, 1.82) is 0 Å². The van der Waals surface area contributed by atoms with Crippen molar-refractivity contribution >= 4 is 32.8 Å². The van der Waals surface area contributed by atoms with E-state index >= 15 is 0 Å². The number of nitrogens with one attached hydrogen (secondary N) is 1. The number of methoxy groups -OCH3 is 1. The van der Waals surface area contributed by atoms with Crippen LogP contribution in [-0.2, 0) is 6.54 Å². The van der Waals surface area contributed by atoms with Gasteiger partial charge in [-0.25, -0.2) is 0 Å². The Hall–Kier alpha value is -2.27. The zero-order chi connectivity index (χ0) is 17.3. The van der Waals surface area contributed by atoms with Gasteiger partial charge in [0, 0.05) is 27.5 Å². The molecule has 0 aliphatic heterocycles. The van der Waals surface area contributed by atoms with E-state index in [9.17, 15) is 4.79 Å². The van der Waals surface area contributed by atoms with Crippen LogP contribution in [0.1, 0.15) is 27.2 Å². The summed E-state index contributed by atoms with van der Waals surface area (Å²) in [7, 11) is 1.61. The van der Waals surface area contributed by atoms with Crippen LogP contribution >= 0.6 is 15.9 Å². The summed E-state index contributed by atoms with van der Waals surface area (Å²) in [4.78, 5) is 12.5. The molecule has 1 aromatic heterocycles. The van der Waals surface area contributed by atoms with Gasteiger partial charge in [-0.15, -0.1) is 0 Å². The van der Waals surface area contributed by atoms with Crippen LogP contribution in [0.15, 0.2) is 45.3 Å². The molecule has 0 fully saturated rings. The molecule has 124 valence electrons. The number of fused-ring (bicyclic) bond motifs is 1. The van der Waals surface area contributed by atoms with Crippen molar-refractivity contribution in [2.45, 2.75) is 20.4 Å². The number of hydrogen-bond donors (Lipinski definition) is 1. The quantitative estimate of drug-likeness (QED) is 0.702. The SMILES string of the molecule is COc1ccc(Br)cc1CNC(=O)c1oc2c(C)cccc2c1C. The molecule has 0 saturated heterocycles. The molecule has 0 atom stereocenters. The van der Waals surface area contributed by atoms with Gasteiger partial charge in [-0.1, -0.05) is 34.1 Å². The highest BCUT2D eigenvalue weighted by atomic mass is 79.9. The zero-order valence-corrected chi connectivity index (χ0v) is 15.4. The third-order valence-electron chi connectivity index (χ3n) is 4.05. The molecule has 2 aromatic carbocycles. The Morgan fingerprint density at radius 1 is 1.25 bits per heavy atom. The van der Waals surface area contributed by atoms with E-state index in [4.69, 9.17) is 9.15 Å². The van der Waals surface area contributed by atoms with Crippen LogP contribution in [0.4, 0.5) is 0 Å². The smallest absolute Gasteiger partial charge is 0.287 e. The highest BCUT2D eigenvalue weighted by Crippen LogP contribution is 2.28. The number of benzene rings is 2. The van der Waals surface area contributed by atoms with E-state index in [0.717, 1.165) is 37.9 Å². The number of halogens is 1. The predicted molar refractivity (Wildman–Crippen MR) is 97.6 cm³/mol. The summed E-state index contributed by atoms with van der Waals surface area (Å²) in [5.41, 5.74) is 3.53. The number of para-hydroxylation sites is 1. The van der Waals surface area contributed by atoms with Crippen LogP contribution in [-0.4, -0.2) is 13.0 Å². The summed E-state index contributed by atoms with van der Waals surface area (Å²) in [6, 6.07) is 11.6. The van der Waals surface area contributed by atoms with Gasteiger partial charge >= 0.3 is 0 Å². The fourth-order valence-electron chi connectivity index (χ4n) is 2.74. The first kappa shape index (κ1) is 16.6. The van der Waals surface area contributed by atoms with E-state index in [0.29, 0.717) is 12.3 Å². The van der Waals surface area contributed by atoms with Gasteiger partial charge in [0.2, 0.25) is 0 Å². The van der Waals surface area contributed by atoms with Crippen molar-refractivity contribution in [3.8, 4) is 5.75 Å². The molecule has 0 spiro atoms. The first-order chi connectivity index (χ1) is 11.5. The topological polar surface area (TPSA) is 51.5 Å². The van der Waals surface area contributed by atoms with Gasteiger partial charge in [0.1, 0.15) is 11.3 Å². The van der Waals surface area contributed by atoms with Gasteiger partial charge in [-0.05, 0) is 37.6 Å². The van der Waals surface area contributed by atoms with E-state index in [-0.39, 0.29) is 5.91 Å². The van der Waals surface area contributed by atoms with E-state index in [1.54, 1.807) is 7.11 Å². The number of rotatable bonds is 4. The number of hydrogen-bond acceptors (Lipinski definition) is 3. The summed E-state index contributed by atoms with van der Waals surface area (Å²) < 4.78 is 12.1. The van der Waals surface area contributed by atoms with E-state index < -0.39 is 0 Å². The summed E-state index contributed by atoms with van der Waals surface area (Å²) in [5, 5.41) is 3.88. The second-order valence-electron chi connectivity index (χ2n) is 5.65. The lowest BCUT2D eigenvalue weighted by atomic mass is 10.1. The molecule has 0 bridgehead atoms. The molecule has 0 saturated carbocycles. The van der Waals surface area contributed by atoms with Gasteiger partial charge in [0.25, 0.3) is 5.91 Å². The van der Waals surface area contributed by atoms with Gasteiger partial charge in [-0.3, -0.25) is 4.79 Å². The van der Waals surface area contributed by atoms with Crippen LogP contribution < -0.4 is 10.1 Å². The van der Waals surface area contributed by atoms with Gasteiger partial charge in [-0.2, -0.15) is 0 Å². The molecule has 24 heavy (non-hydrogen) atoms. The van der Waals surface area contributed by atoms with Crippen LogP contribution in [0.3, 0.4) is 0 Å². The molecule has 3 aromatic rings. The lowest BCUT2D eigenvalue weighted by Crippen LogP contribution is -2.23. The summed E-state index contributed by atoms with van der Waals surface area (Å²) in [5.74, 6) is 0.856. The Kier molecular flexibility index (Phi) is 4.62. The molecule has 5 heteroatoms. The number of ether oxygens (including phenoxy) is 1. The fourth-order valence-corrected chi connectivity index (χ4v) is 3.15. The first-order valence-corrected chi connectivity index (χ1v) is 8.40. The van der Waals surface area contributed by atoms with E-state index in [1.807, 2.05) is 50.2 Å². The Morgan fingerprint density at radius 2 is 2.04 bits per heavy atom. The molecular formula is C19H18BrNO3. The first-order valence-electron chi connectivity index (χ1n) is 7.60. The maximum atomic E-state index is 12.5. The summed E-state index contributed by atoms with van der Waals surface area (Å²) >= 11 is 3.43. The number of aryl methyl sites for hydroxylation is 2. The molecule has 1 N–H and O–H groups in total. The minimum atomic E-state index is -0.231. The van der Waals surface area contributed by atoms with E-state index in [2.05, 4.69) is 21.2 Å². The fraction of sp³-hybridized carbons (Fsp3) is 0.211. The highest BCUT2D eigenvalue weighted by Gasteiger charge is 2.18. The summed E-state index contributed by atoms with van der Waals surface area (Å²) in [6.45, 7) is 4.23. The van der Waals surface area contributed by atoms with Gasteiger partial charge in [0.15, 0.2) is 5.76 Å². The van der Waals surface area contributed by atoms with Crippen LogP contribution in [0.2, 0.25) is 0 Å². The number of carbonyl (C=O) groups excluding carboxylic acids is 1.